The molecule has 0 amide bonds. The fraction of sp³-hybridized carbons (Fsp3) is 0.545. The highest BCUT2D eigenvalue weighted by atomic mass is 32.1. The lowest BCUT2D eigenvalue weighted by Crippen LogP contribution is -2.09. The van der Waals surface area contributed by atoms with Crippen LogP contribution in [0.4, 0.5) is 0 Å². The second-order valence-electron chi connectivity index (χ2n) is 2.95. The Labute approximate surface area is 94.0 Å². The van der Waals surface area contributed by atoms with Crippen LogP contribution in [-0.2, 0) is 15.9 Å². The third-order valence-electron chi connectivity index (χ3n) is 1.88. The number of rotatable bonds is 6. The molecule has 0 N–H and O–H groups in total. The summed E-state index contributed by atoms with van der Waals surface area (Å²) in [6, 6.07) is 3.77. The Kier molecular flexibility index (Phi) is 5.36. The second-order valence-corrected chi connectivity index (χ2v) is 4.12. The summed E-state index contributed by atoms with van der Waals surface area (Å²) in [4.78, 5) is 13.3. The molecular formula is C11H16O3S. The summed E-state index contributed by atoms with van der Waals surface area (Å²) in [5.74, 6) is -0.251. The third-order valence-corrected chi connectivity index (χ3v) is 3.09. The van der Waals surface area contributed by atoms with Gasteiger partial charge in [-0.1, -0.05) is 6.92 Å². The van der Waals surface area contributed by atoms with Crippen molar-refractivity contribution in [3.8, 4) is 0 Å². The number of hydrogen-bond acceptors (Lipinski definition) is 4. The predicted octanol–water partition coefficient (Wildman–Crippen LogP) is 2.50. The molecule has 0 aliphatic carbocycles. The van der Waals surface area contributed by atoms with E-state index in [9.17, 15) is 4.79 Å². The van der Waals surface area contributed by atoms with Gasteiger partial charge in [0.15, 0.2) is 0 Å². The van der Waals surface area contributed by atoms with E-state index in [-0.39, 0.29) is 5.97 Å². The average molecular weight is 228 g/mol. The van der Waals surface area contributed by atoms with Gasteiger partial charge in [0, 0.05) is 11.5 Å². The van der Waals surface area contributed by atoms with Crippen LogP contribution in [0.3, 0.4) is 0 Å². The fourth-order valence-electron chi connectivity index (χ4n) is 1.09. The van der Waals surface area contributed by atoms with Crippen molar-refractivity contribution in [2.75, 3.05) is 19.8 Å². The lowest BCUT2D eigenvalue weighted by molar-refractivity contribution is 0.0340. The van der Waals surface area contributed by atoms with Gasteiger partial charge < -0.3 is 9.47 Å². The maximum Gasteiger partial charge on any atom is 0.348 e. The Hall–Kier alpha value is -0.870. The molecule has 3 nitrogen and oxygen atoms in total. The van der Waals surface area contributed by atoms with Crippen molar-refractivity contribution >= 4 is 17.3 Å². The molecule has 0 aliphatic rings. The lowest BCUT2D eigenvalue weighted by Gasteiger charge is -2.02. The van der Waals surface area contributed by atoms with Crippen molar-refractivity contribution in [2.45, 2.75) is 20.3 Å². The molecule has 0 unspecified atom stereocenters. The minimum atomic E-state index is -0.251. The van der Waals surface area contributed by atoms with Gasteiger partial charge in [-0.2, -0.15) is 0 Å². The highest BCUT2D eigenvalue weighted by molar-refractivity contribution is 7.13. The molecule has 0 fully saturated rings. The van der Waals surface area contributed by atoms with Crippen LogP contribution >= 0.6 is 11.3 Å². The van der Waals surface area contributed by atoms with Gasteiger partial charge in [-0.15, -0.1) is 11.3 Å². The number of hydrogen-bond donors (Lipinski definition) is 0. The first-order valence-electron chi connectivity index (χ1n) is 5.11. The average Bonchev–Trinajstić information content (AvgIpc) is 2.72. The third kappa shape index (κ3) is 4.01. The van der Waals surface area contributed by atoms with Crippen LogP contribution in [0, 0.1) is 0 Å². The summed E-state index contributed by atoms with van der Waals surface area (Å²) in [6.07, 6.45) is 0.955. The SMILES string of the molecule is CCOCCOC(=O)c1ccc(CC)s1. The molecule has 0 radical (unpaired) electrons. The summed E-state index contributed by atoms with van der Waals surface area (Å²) < 4.78 is 10.1. The minimum absolute atomic E-state index is 0.251. The van der Waals surface area contributed by atoms with Gasteiger partial charge in [0.1, 0.15) is 11.5 Å². The fourth-order valence-corrected chi connectivity index (χ4v) is 1.93. The minimum Gasteiger partial charge on any atom is -0.459 e. The molecule has 1 aromatic heterocycles. The van der Waals surface area contributed by atoms with Crippen molar-refractivity contribution in [1.82, 2.24) is 0 Å². The van der Waals surface area contributed by atoms with Gasteiger partial charge in [-0.25, -0.2) is 4.79 Å². The van der Waals surface area contributed by atoms with E-state index in [2.05, 4.69) is 6.92 Å². The number of carbonyl (C=O) groups excluding carboxylic acids is 1. The van der Waals surface area contributed by atoms with E-state index in [1.54, 1.807) is 0 Å². The summed E-state index contributed by atoms with van der Waals surface area (Å²) in [5, 5.41) is 0. The number of thiophene rings is 1. The van der Waals surface area contributed by atoms with Gasteiger partial charge in [0.05, 0.1) is 6.61 Å². The highest BCUT2D eigenvalue weighted by Crippen LogP contribution is 2.17. The summed E-state index contributed by atoms with van der Waals surface area (Å²) in [7, 11) is 0. The predicted molar refractivity (Wildman–Crippen MR) is 60.5 cm³/mol. The second kappa shape index (κ2) is 6.58. The molecular weight excluding hydrogens is 212 g/mol. The van der Waals surface area contributed by atoms with Gasteiger partial charge in [0.2, 0.25) is 0 Å². The number of aryl methyl sites for hydroxylation is 1. The Balaban J connectivity index is 2.33. The quantitative estimate of drug-likeness (QED) is 0.554. The van der Waals surface area contributed by atoms with Gasteiger partial charge >= 0.3 is 5.97 Å². The molecule has 0 bridgehead atoms. The molecule has 1 heterocycles. The standard InChI is InChI=1S/C11H16O3S/c1-3-9-5-6-10(15-9)11(12)14-8-7-13-4-2/h5-6H,3-4,7-8H2,1-2H3. The molecule has 4 heteroatoms. The van der Waals surface area contributed by atoms with Crippen molar-refractivity contribution in [3.63, 3.8) is 0 Å². The largest absolute Gasteiger partial charge is 0.459 e. The van der Waals surface area contributed by atoms with E-state index in [1.807, 2.05) is 19.1 Å². The van der Waals surface area contributed by atoms with Crippen molar-refractivity contribution in [1.29, 1.82) is 0 Å². The molecule has 1 aromatic rings. The molecule has 0 spiro atoms. The Morgan fingerprint density at radius 1 is 1.33 bits per heavy atom. The summed E-state index contributed by atoms with van der Waals surface area (Å²) >= 11 is 1.49. The topological polar surface area (TPSA) is 35.5 Å². The van der Waals surface area contributed by atoms with Crippen molar-refractivity contribution in [2.24, 2.45) is 0 Å². The molecule has 0 saturated heterocycles. The lowest BCUT2D eigenvalue weighted by atomic mass is 10.4. The molecule has 0 aliphatic heterocycles. The maximum absolute atomic E-state index is 11.5. The molecule has 84 valence electrons. The zero-order chi connectivity index (χ0) is 11.1. The molecule has 1 rings (SSSR count). The normalized spacial score (nSPS) is 10.3. The Morgan fingerprint density at radius 3 is 2.73 bits per heavy atom. The molecule has 0 saturated carbocycles. The Bertz CT molecular complexity index is 307. The molecule has 0 atom stereocenters. The van der Waals surface area contributed by atoms with Crippen LogP contribution in [0.25, 0.3) is 0 Å². The summed E-state index contributed by atoms with van der Waals surface area (Å²) in [6.45, 7) is 5.42. The maximum atomic E-state index is 11.5. The highest BCUT2D eigenvalue weighted by Gasteiger charge is 2.09. The van der Waals surface area contributed by atoms with Crippen molar-refractivity contribution < 1.29 is 14.3 Å². The van der Waals surface area contributed by atoms with Crippen LogP contribution in [0.1, 0.15) is 28.4 Å². The Morgan fingerprint density at radius 2 is 2.13 bits per heavy atom. The van der Waals surface area contributed by atoms with Crippen LogP contribution in [0.2, 0.25) is 0 Å². The monoisotopic (exact) mass is 228 g/mol. The van der Waals surface area contributed by atoms with E-state index in [1.165, 1.54) is 16.2 Å². The van der Waals surface area contributed by atoms with Gasteiger partial charge in [0.25, 0.3) is 0 Å². The molecule has 0 aromatic carbocycles. The zero-order valence-electron chi connectivity index (χ0n) is 9.12. The van der Waals surface area contributed by atoms with E-state index in [0.29, 0.717) is 24.7 Å². The van der Waals surface area contributed by atoms with Crippen LogP contribution in [-0.4, -0.2) is 25.8 Å². The van der Waals surface area contributed by atoms with E-state index >= 15 is 0 Å². The van der Waals surface area contributed by atoms with Crippen LogP contribution in [0.5, 0.6) is 0 Å². The van der Waals surface area contributed by atoms with Gasteiger partial charge in [-0.05, 0) is 25.5 Å². The first kappa shape index (κ1) is 12.2. The van der Waals surface area contributed by atoms with E-state index in [4.69, 9.17) is 9.47 Å². The summed E-state index contributed by atoms with van der Waals surface area (Å²) in [5.41, 5.74) is 0. The van der Waals surface area contributed by atoms with Crippen LogP contribution < -0.4 is 0 Å². The van der Waals surface area contributed by atoms with E-state index < -0.39 is 0 Å². The number of esters is 1. The van der Waals surface area contributed by atoms with E-state index in [0.717, 1.165) is 6.42 Å². The van der Waals surface area contributed by atoms with Crippen molar-refractivity contribution in [3.05, 3.63) is 21.9 Å². The zero-order valence-corrected chi connectivity index (χ0v) is 9.93. The smallest absolute Gasteiger partial charge is 0.348 e. The number of carbonyl (C=O) groups is 1. The number of ether oxygens (including phenoxy) is 2. The molecule has 15 heavy (non-hydrogen) atoms. The van der Waals surface area contributed by atoms with Crippen LogP contribution in [0.15, 0.2) is 12.1 Å². The first-order valence-corrected chi connectivity index (χ1v) is 5.93. The van der Waals surface area contributed by atoms with Gasteiger partial charge in [-0.3, -0.25) is 0 Å². The first-order chi connectivity index (χ1) is 7.27.